The van der Waals surface area contributed by atoms with Crippen LogP contribution in [-0.4, -0.2) is 79.5 Å². The average Bonchev–Trinajstić information content (AvgIpc) is 2.79. The van der Waals surface area contributed by atoms with Crippen LogP contribution in [-0.2, 0) is 0 Å². The minimum atomic E-state index is -0.353. The highest BCUT2D eigenvalue weighted by molar-refractivity contribution is 7.98. The van der Waals surface area contributed by atoms with Gasteiger partial charge < -0.3 is 25.3 Å². The van der Waals surface area contributed by atoms with E-state index in [9.17, 15) is 4.79 Å². The van der Waals surface area contributed by atoms with E-state index >= 15 is 0 Å². The average molecular weight is 414 g/mol. The summed E-state index contributed by atoms with van der Waals surface area (Å²) in [5, 5.41) is 0.778. The molecule has 2 fully saturated rings. The van der Waals surface area contributed by atoms with Crippen LogP contribution in [0.25, 0.3) is 0 Å². The summed E-state index contributed by atoms with van der Waals surface area (Å²) in [6.45, 7) is 6.50. The van der Waals surface area contributed by atoms with Gasteiger partial charge in [-0.05, 0) is 18.4 Å². The molecule has 1 aromatic carbocycles. The number of hydrogen-bond donors (Lipinski definition) is 1. The number of aromatic nitrogens is 2. The van der Waals surface area contributed by atoms with E-state index in [1.54, 1.807) is 16.7 Å². The summed E-state index contributed by atoms with van der Waals surface area (Å²) in [6.07, 6.45) is 2.00. The number of nitrogens with zero attached hydrogens (tertiary/aromatic N) is 6. The van der Waals surface area contributed by atoms with E-state index in [4.69, 9.17) is 15.7 Å². The summed E-state index contributed by atoms with van der Waals surface area (Å²) in [5.74, 6) is 1.90. The number of amides is 2. The highest BCUT2D eigenvalue weighted by Crippen LogP contribution is 2.25. The number of anilines is 3. The lowest BCUT2D eigenvalue weighted by Crippen LogP contribution is -2.51. The molecule has 0 unspecified atom stereocenters. The zero-order chi connectivity index (χ0) is 20.2. The third kappa shape index (κ3) is 4.50. The summed E-state index contributed by atoms with van der Waals surface area (Å²) < 4.78 is 0. The Labute approximate surface area is 175 Å². The second-order valence-corrected chi connectivity index (χ2v) is 7.97. The lowest BCUT2D eigenvalue weighted by molar-refractivity contribution is 0.204. The van der Waals surface area contributed by atoms with Gasteiger partial charge in [-0.25, -0.2) is 14.8 Å². The van der Waals surface area contributed by atoms with E-state index in [2.05, 4.69) is 51.1 Å². The van der Waals surface area contributed by atoms with Crippen LogP contribution in [0.4, 0.5) is 22.1 Å². The van der Waals surface area contributed by atoms with Gasteiger partial charge in [-0.3, -0.25) is 0 Å². The first-order chi connectivity index (χ1) is 14.1. The van der Waals surface area contributed by atoms with E-state index < -0.39 is 0 Å². The van der Waals surface area contributed by atoms with Gasteiger partial charge in [0.05, 0.1) is 0 Å². The summed E-state index contributed by atoms with van der Waals surface area (Å²) in [4.78, 5) is 29.5. The fraction of sp³-hybridized carbons (Fsp3) is 0.450. The van der Waals surface area contributed by atoms with Crippen molar-refractivity contribution in [2.24, 2.45) is 5.73 Å². The highest BCUT2D eigenvalue weighted by atomic mass is 32.2. The molecule has 0 radical (unpaired) electrons. The maximum atomic E-state index is 11.4. The second-order valence-electron chi connectivity index (χ2n) is 7.19. The van der Waals surface area contributed by atoms with Gasteiger partial charge in [0, 0.05) is 64.1 Å². The standard InChI is InChI=1S/C20H27N7OS/c1-29-20-22-17(15-18(23-20)26-11-13-27(14-12-26)19(21)28)25-9-7-24(8-10-25)16-5-3-2-4-6-16/h2-6,15H,7-14H2,1H3,(H2,21,28). The first-order valence-corrected chi connectivity index (χ1v) is 11.1. The molecule has 0 spiro atoms. The predicted octanol–water partition coefficient (Wildman–Crippen LogP) is 1.73. The van der Waals surface area contributed by atoms with Gasteiger partial charge in [0.15, 0.2) is 5.16 Å². The number of nitrogens with two attached hydrogens (primary N) is 1. The molecule has 1 aromatic heterocycles. The zero-order valence-corrected chi connectivity index (χ0v) is 17.5. The van der Waals surface area contributed by atoms with Gasteiger partial charge in [-0.2, -0.15) is 0 Å². The van der Waals surface area contributed by atoms with Crippen LogP contribution in [0.1, 0.15) is 0 Å². The Kier molecular flexibility index (Phi) is 5.94. The third-order valence-electron chi connectivity index (χ3n) is 5.50. The van der Waals surface area contributed by atoms with Crippen molar-refractivity contribution in [1.29, 1.82) is 0 Å². The highest BCUT2D eigenvalue weighted by Gasteiger charge is 2.23. The first kappa shape index (κ1) is 19.6. The summed E-state index contributed by atoms with van der Waals surface area (Å²) in [6, 6.07) is 12.3. The predicted molar refractivity (Wildman–Crippen MR) is 118 cm³/mol. The Morgan fingerprint density at radius 1 is 0.862 bits per heavy atom. The molecule has 2 N–H and O–H groups in total. The zero-order valence-electron chi connectivity index (χ0n) is 16.7. The molecule has 2 aromatic rings. The molecule has 3 heterocycles. The molecule has 0 bridgehead atoms. The van der Waals surface area contributed by atoms with Gasteiger partial charge in [0.25, 0.3) is 0 Å². The maximum absolute atomic E-state index is 11.4. The number of carbonyl (C=O) groups is 1. The van der Waals surface area contributed by atoms with Crippen molar-refractivity contribution < 1.29 is 4.79 Å². The number of urea groups is 1. The maximum Gasteiger partial charge on any atom is 0.314 e. The molecule has 9 heteroatoms. The van der Waals surface area contributed by atoms with Gasteiger partial charge in [-0.15, -0.1) is 0 Å². The largest absolute Gasteiger partial charge is 0.368 e. The summed E-state index contributed by atoms with van der Waals surface area (Å²) in [5.41, 5.74) is 6.67. The fourth-order valence-corrected chi connectivity index (χ4v) is 4.17. The topological polar surface area (TPSA) is 81.8 Å². The normalized spacial score (nSPS) is 17.6. The van der Waals surface area contributed by atoms with E-state index in [1.807, 2.05) is 6.26 Å². The van der Waals surface area contributed by atoms with Gasteiger partial charge in [0.1, 0.15) is 11.6 Å². The van der Waals surface area contributed by atoms with Crippen LogP contribution in [0, 0.1) is 0 Å². The molecule has 2 amide bonds. The minimum Gasteiger partial charge on any atom is -0.368 e. The van der Waals surface area contributed by atoms with Crippen LogP contribution in [0.5, 0.6) is 0 Å². The number of primary amides is 1. The van der Waals surface area contributed by atoms with Crippen molar-refractivity contribution in [2.45, 2.75) is 5.16 Å². The molecular weight excluding hydrogens is 386 g/mol. The van der Waals surface area contributed by atoms with Crippen LogP contribution in [0.15, 0.2) is 41.6 Å². The number of para-hydroxylation sites is 1. The number of thioether (sulfide) groups is 1. The molecule has 154 valence electrons. The summed E-state index contributed by atoms with van der Waals surface area (Å²) >= 11 is 1.56. The molecule has 2 aliphatic heterocycles. The number of benzene rings is 1. The molecule has 0 atom stereocenters. The second kappa shape index (κ2) is 8.77. The smallest absolute Gasteiger partial charge is 0.314 e. The van der Waals surface area contributed by atoms with Crippen molar-refractivity contribution in [3.63, 3.8) is 0 Å². The third-order valence-corrected chi connectivity index (χ3v) is 6.05. The molecule has 29 heavy (non-hydrogen) atoms. The van der Waals surface area contributed by atoms with Gasteiger partial charge in [-0.1, -0.05) is 30.0 Å². The fourth-order valence-electron chi connectivity index (χ4n) is 3.80. The van der Waals surface area contributed by atoms with Crippen molar-refractivity contribution in [1.82, 2.24) is 14.9 Å². The van der Waals surface area contributed by atoms with Gasteiger partial charge in [0.2, 0.25) is 0 Å². The Hall–Kier alpha value is -2.68. The number of piperazine rings is 2. The van der Waals surface area contributed by atoms with Crippen LogP contribution in [0.3, 0.4) is 0 Å². The number of hydrogen-bond acceptors (Lipinski definition) is 7. The molecular formula is C20H27N7OS. The number of carbonyl (C=O) groups excluding carboxylic acids is 1. The van der Waals surface area contributed by atoms with Crippen molar-refractivity contribution in [2.75, 3.05) is 73.3 Å². The van der Waals surface area contributed by atoms with Crippen molar-refractivity contribution in [3.8, 4) is 0 Å². The van der Waals surface area contributed by atoms with E-state index in [0.717, 1.165) is 56.1 Å². The lowest BCUT2D eigenvalue weighted by Gasteiger charge is -2.38. The molecule has 2 aliphatic rings. The van der Waals surface area contributed by atoms with Crippen LogP contribution < -0.4 is 20.4 Å². The molecule has 8 nitrogen and oxygen atoms in total. The van der Waals surface area contributed by atoms with Crippen LogP contribution in [0.2, 0.25) is 0 Å². The first-order valence-electron chi connectivity index (χ1n) is 9.91. The lowest BCUT2D eigenvalue weighted by atomic mass is 10.2. The monoisotopic (exact) mass is 413 g/mol. The van der Waals surface area contributed by atoms with E-state index in [-0.39, 0.29) is 6.03 Å². The van der Waals surface area contributed by atoms with Gasteiger partial charge >= 0.3 is 6.03 Å². The van der Waals surface area contributed by atoms with Crippen LogP contribution >= 0.6 is 11.8 Å². The molecule has 4 rings (SSSR count). The van der Waals surface area contributed by atoms with E-state index in [0.29, 0.717) is 13.1 Å². The quantitative estimate of drug-likeness (QED) is 0.604. The minimum absolute atomic E-state index is 0.353. The number of rotatable bonds is 4. The molecule has 0 saturated carbocycles. The Bertz CT molecular complexity index is 834. The summed E-state index contributed by atoms with van der Waals surface area (Å²) in [7, 11) is 0. The van der Waals surface area contributed by atoms with E-state index in [1.165, 1.54) is 5.69 Å². The van der Waals surface area contributed by atoms with Crippen molar-refractivity contribution >= 4 is 35.1 Å². The Morgan fingerprint density at radius 2 is 1.38 bits per heavy atom. The Balaban J connectivity index is 1.46. The molecule has 2 saturated heterocycles. The SMILES string of the molecule is CSc1nc(N2CCN(C(N)=O)CC2)cc(N2CCN(c3ccccc3)CC2)n1. The molecule has 0 aliphatic carbocycles. The Morgan fingerprint density at radius 3 is 1.90 bits per heavy atom. The van der Waals surface area contributed by atoms with Crippen molar-refractivity contribution in [3.05, 3.63) is 36.4 Å².